The Balaban J connectivity index is 0.00000162. The summed E-state index contributed by atoms with van der Waals surface area (Å²) in [6, 6.07) is 7.37. The number of hydrogen-bond acceptors (Lipinski definition) is 5. The van der Waals surface area contributed by atoms with Gasteiger partial charge < -0.3 is 10.5 Å². The minimum absolute atomic E-state index is 0. The van der Waals surface area contributed by atoms with Crippen molar-refractivity contribution in [2.75, 3.05) is 12.3 Å². The molecule has 0 unspecified atom stereocenters. The van der Waals surface area contributed by atoms with Crippen LogP contribution in [0.25, 0.3) is 10.6 Å². The van der Waals surface area contributed by atoms with Crippen molar-refractivity contribution in [1.82, 2.24) is 4.98 Å². The number of hydrogen-bond donors (Lipinski definition) is 1. The molecule has 0 amide bonds. The van der Waals surface area contributed by atoms with Crippen LogP contribution in [0.5, 0.6) is 0 Å². The van der Waals surface area contributed by atoms with Gasteiger partial charge in [-0.05, 0) is 31.2 Å². The topological polar surface area (TPSA) is 65.2 Å². The Morgan fingerprint density at radius 3 is 2.67 bits per heavy atom. The smallest absolute Gasteiger partial charge is 0.357 e. The van der Waals surface area contributed by atoms with E-state index in [4.69, 9.17) is 10.5 Å². The molecule has 0 aliphatic heterocycles. The first-order valence-electron chi connectivity index (χ1n) is 5.19. The molecule has 0 radical (unpaired) electrons. The molecule has 2 N–H and O–H groups in total. The Hall–Kier alpha value is -1.40. The fraction of sp³-hybridized carbons (Fsp3) is 0.167. The van der Waals surface area contributed by atoms with E-state index in [9.17, 15) is 4.79 Å². The van der Waals surface area contributed by atoms with Crippen LogP contribution in [0.3, 0.4) is 0 Å². The molecule has 6 heteroatoms. The van der Waals surface area contributed by atoms with Gasteiger partial charge in [-0.3, -0.25) is 0 Å². The van der Waals surface area contributed by atoms with Crippen LogP contribution in [-0.4, -0.2) is 17.6 Å². The first-order valence-corrected chi connectivity index (χ1v) is 6.07. The van der Waals surface area contributed by atoms with Gasteiger partial charge in [-0.15, -0.1) is 28.3 Å². The second-order valence-corrected chi connectivity index (χ2v) is 4.24. The summed E-state index contributed by atoms with van der Waals surface area (Å²) in [4.78, 5) is 15.7. The van der Waals surface area contributed by atoms with Gasteiger partial charge in [0.15, 0.2) is 5.69 Å². The Kier molecular flexibility index (Phi) is 5.30. The summed E-state index contributed by atoms with van der Waals surface area (Å²) in [6.07, 6.45) is 0. The summed E-state index contributed by atoms with van der Waals surface area (Å²) in [5.74, 6) is -0.384. The van der Waals surface area contributed by atoms with E-state index >= 15 is 0 Å². The number of thiazole rings is 1. The van der Waals surface area contributed by atoms with Gasteiger partial charge in [0.2, 0.25) is 0 Å². The highest BCUT2D eigenvalue weighted by atomic mass is 79.9. The Morgan fingerprint density at radius 2 is 2.06 bits per heavy atom. The van der Waals surface area contributed by atoms with Gasteiger partial charge in [-0.2, -0.15) is 0 Å². The van der Waals surface area contributed by atoms with E-state index in [2.05, 4.69) is 4.98 Å². The monoisotopic (exact) mass is 328 g/mol. The maximum atomic E-state index is 11.4. The molecule has 0 saturated heterocycles. The van der Waals surface area contributed by atoms with Crippen molar-refractivity contribution in [1.29, 1.82) is 0 Å². The number of rotatable bonds is 3. The fourth-order valence-corrected chi connectivity index (χ4v) is 2.13. The van der Waals surface area contributed by atoms with Crippen molar-refractivity contribution < 1.29 is 9.53 Å². The number of nitrogens with zero attached hydrogens (tertiary/aromatic N) is 1. The SMILES string of the molecule is Br.CCOC(=O)c1csc(-c2ccc(N)cc2)n1. The van der Waals surface area contributed by atoms with E-state index in [1.54, 1.807) is 24.4 Å². The molecule has 0 spiro atoms. The zero-order valence-corrected chi connectivity index (χ0v) is 12.3. The number of esters is 1. The number of carbonyl (C=O) groups excluding carboxylic acids is 1. The molecule has 96 valence electrons. The first-order chi connectivity index (χ1) is 8.20. The molecule has 0 bridgehead atoms. The summed E-state index contributed by atoms with van der Waals surface area (Å²) in [6.45, 7) is 2.12. The quantitative estimate of drug-likeness (QED) is 0.694. The number of carbonyl (C=O) groups is 1. The predicted octanol–water partition coefficient (Wildman–Crippen LogP) is 3.15. The lowest BCUT2D eigenvalue weighted by atomic mass is 10.2. The number of nitrogens with two attached hydrogens (primary N) is 1. The second kappa shape index (κ2) is 6.51. The molecule has 0 fully saturated rings. The van der Waals surface area contributed by atoms with Crippen LogP contribution in [-0.2, 0) is 4.74 Å². The predicted molar refractivity (Wildman–Crippen MR) is 78.2 cm³/mol. The number of anilines is 1. The molecule has 1 aromatic heterocycles. The van der Waals surface area contributed by atoms with Crippen molar-refractivity contribution in [2.45, 2.75) is 6.92 Å². The molecule has 4 nitrogen and oxygen atoms in total. The zero-order valence-electron chi connectivity index (χ0n) is 9.75. The third-order valence-corrected chi connectivity index (χ3v) is 3.04. The Morgan fingerprint density at radius 1 is 1.39 bits per heavy atom. The molecule has 0 atom stereocenters. The first kappa shape index (κ1) is 14.7. The van der Waals surface area contributed by atoms with E-state index in [1.807, 2.05) is 12.1 Å². The van der Waals surface area contributed by atoms with Gasteiger partial charge in [0, 0.05) is 16.6 Å². The molecular weight excluding hydrogens is 316 g/mol. The molecule has 1 aromatic carbocycles. The number of nitrogen functional groups attached to an aromatic ring is 1. The van der Waals surface area contributed by atoms with Crippen LogP contribution < -0.4 is 5.73 Å². The fourth-order valence-electron chi connectivity index (χ4n) is 1.33. The molecule has 2 rings (SSSR count). The summed E-state index contributed by atoms with van der Waals surface area (Å²) < 4.78 is 4.88. The molecule has 0 aliphatic carbocycles. The maximum Gasteiger partial charge on any atom is 0.357 e. The van der Waals surface area contributed by atoms with Crippen LogP contribution >= 0.6 is 28.3 Å². The Labute approximate surface area is 120 Å². The third-order valence-electron chi connectivity index (χ3n) is 2.15. The highest BCUT2D eigenvalue weighted by molar-refractivity contribution is 8.93. The third kappa shape index (κ3) is 3.30. The summed E-state index contributed by atoms with van der Waals surface area (Å²) in [5, 5.41) is 2.48. The van der Waals surface area contributed by atoms with Crippen molar-refractivity contribution in [3.05, 3.63) is 35.3 Å². The largest absolute Gasteiger partial charge is 0.461 e. The minimum atomic E-state index is -0.384. The van der Waals surface area contributed by atoms with E-state index < -0.39 is 0 Å². The Bertz CT molecular complexity index is 525. The average molecular weight is 329 g/mol. The van der Waals surface area contributed by atoms with Gasteiger partial charge in [0.25, 0.3) is 0 Å². The van der Waals surface area contributed by atoms with E-state index in [1.165, 1.54) is 11.3 Å². The van der Waals surface area contributed by atoms with Crippen molar-refractivity contribution in [3.63, 3.8) is 0 Å². The average Bonchev–Trinajstić information content (AvgIpc) is 2.80. The van der Waals surface area contributed by atoms with Crippen LogP contribution in [0.15, 0.2) is 29.6 Å². The second-order valence-electron chi connectivity index (χ2n) is 3.38. The lowest BCUT2D eigenvalue weighted by molar-refractivity contribution is 0.0520. The van der Waals surface area contributed by atoms with Crippen molar-refractivity contribution in [3.8, 4) is 10.6 Å². The standard InChI is InChI=1S/C12H12N2O2S.BrH/c1-2-16-12(15)10-7-17-11(14-10)8-3-5-9(13)6-4-8;/h3-7H,2,13H2,1H3;1H. The number of aromatic nitrogens is 1. The van der Waals surface area contributed by atoms with Crippen molar-refractivity contribution >= 4 is 40.0 Å². The number of halogens is 1. The van der Waals surface area contributed by atoms with Crippen molar-refractivity contribution in [2.24, 2.45) is 0 Å². The normalized spacial score (nSPS) is 9.61. The molecule has 18 heavy (non-hydrogen) atoms. The van der Waals surface area contributed by atoms with Crippen LogP contribution in [0.4, 0.5) is 5.69 Å². The van der Waals surface area contributed by atoms with Crippen LogP contribution in [0.2, 0.25) is 0 Å². The highest BCUT2D eigenvalue weighted by Crippen LogP contribution is 2.24. The lowest BCUT2D eigenvalue weighted by Crippen LogP contribution is -2.04. The zero-order chi connectivity index (χ0) is 12.3. The molecule has 0 aliphatic rings. The van der Waals surface area contributed by atoms with E-state index in [-0.39, 0.29) is 23.0 Å². The van der Waals surface area contributed by atoms with E-state index in [0.717, 1.165) is 10.6 Å². The molecule has 2 aromatic rings. The number of ether oxygens (including phenoxy) is 1. The summed E-state index contributed by atoms with van der Waals surface area (Å²) in [5.41, 5.74) is 7.61. The lowest BCUT2D eigenvalue weighted by Gasteiger charge is -1.97. The van der Waals surface area contributed by atoms with Gasteiger partial charge in [-0.1, -0.05) is 0 Å². The van der Waals surface area contributed by atoms with E-state index in [0.29, 0.717) is 18.0 Å². The van der Waals surface area contributed by atoms with Gasteiger partial charge in [0.05, 0.1) is 6.61 Å². The van der Waals surface area contributed by atoms with Crippen LogP contribution in [0.1, 0.15) is 17.4 Å². The maximum absolute atomic E-state index is 11.4. The molecular formula is C12H13BrN2O2S. The van der Waals surface area contributed by atoms with Gasteiger partial charge >= 0.3 is 5.97 Å². The highest BCUT2D eigenvalue weighted by Gasteiger charge is 2.12. The summed E-state index contributed by atoms with van der Waals surface area (Å²) >= 11 is 1.41. The van der Waals surface area contributed by atoms with Crippen LogP contribution in [0, 0.1) is 0 Å². The van der Waals surface area contributed by atoms with Gasteiger partial charge in [0.1, 0.15) is 5.01 Å². The minimum Gasteiger partial charge on any atom is -0.461 e. The molecule has 0 saturated carbocycles. The molecule has 1 heterocycles. The van der Waals surface area contributed by atoms with Gasteiger partial charge in [-0.25, -0.2) is 9.78 Å². The summed E-state index contributed by atoms with van der Waals surface area (Å²) in [7, 11) is 0. The number of benzene rings is 1.